The molecule has 2 aromatic carbocycles. The fourth-order valence-corrected chi connectivity index (χ4v) is 3.72. The molecule has 0 aliphatic rings. The van der Waals surface area contributed by atoms with Crippen LogP contribution in [0.4, 0.5) is 11.4 Å². The number of hydrogen-bond acceptors (Lipinski definition) is 4. The van der Waals surface area contributed by atoms with Gasteiger partial charge < -0.3 is 34.0 Å². The van der Waals surface area contributed by atoms with Crippen LogP contribution in [0.1, 0.15) is 24.0 Å². The fraction of sp³-hybridized carbons (Fsp3) is 0.200. The van der Waals surface area contributed by atoms with E-state index in [1.54, 1.807) is 0 Å². The molecule has 2 heterocycles. The van der Waals surface area contributed by atoms with Crippen molar-refractivity contribution >= 4 is 23.8 Å². The Bertz CT molecular complexity index is 1150. The monoisotopic (exact) mass is 636 g/mol. The molecule has 0 bridgehead atoms. The predicted molar refractivity (Wildman–Crippen MR) is 147 cm³/mol. The highest BCUT2D eigenvalue weighted by atomic mass is 79.9. The summed E-state index contributed by atoms with van der Waals surface area (Å²) in [5.41, 5.74) is 4.30. The number of para-hydroxylation sites is 2. The first-order valence-corrected chi connectivity index (χ1v) is 12.3. The molecule has 6 nitrogen and oxygen atoms in total. The van der Waals surface area contributed by atoms with E-state index in [1.807, 2.05) is 97.2 Å². The Morgan fingerprint density at radius 3 is 1.24 bits per heavy atom. The summed E-state index contributed by atoms with van der Waals surface area (Å²) in [6, 6.07) is 28.7. The number of unbranched alkanes of at least 4 members (excludes halogenated alkanes) is 1. The topological polar surface area (TPSA) is 39.0 Å². The molecular formula is C30H34Br2N6. The SMILES string of the molecule is CN(/N=C/c1cc[n+](CCCC[n+]2ccc(/C=N/N(C)c3ccccc3)cc2)cc1)c1ccccc1.[Br-].[Br-]. The smallest absolute Gasteiger partial charge is 0.169 e. The number of pyridine rings is 2. The van der Waals surface area contributed by atoms with Crippen molar-refractivity contribution in [3.8, 4) is 0 Å². The zero-order chi connectivity index (χ0) is 25.0. The lowest BCUT2D eigenvalue weighted by molar-refractivity contribution is -0.708. The largest absolute Gasteiger partial charge is 1.00 e. The molecule has 0 saturated carbocycles. The maximum absolute atomic E-state index is 4.53. The van der Waals surface area contributed by atoms with E-state index in [4.69, 9.17) is 0 Å². The molecule has 198 valence electrons. The minimum Gasteiger partial charge on any atom is -1.00 e. The van der Waals surface area contributed by atoms with E-state index < -0.39 is 0 Å². The summed E-state index contributed by atoms with van der Waals surface area (Å²) in [4.78, 5) is 0. The Morgan fingerprint density at radius 1 is 0.553 bits per heavy atom. The number of halogens is 2. The summed E-state index contributed by atoms with van der Waals surface area (Å²) < 4.78 is 4.46. The van der Waals surface area contributed by atoms with Gasteiger partial charge in [-0.05, 0) is 24.3 Å². The lowest BCUT2D eigenvalue weighted by Crippen LogP contribution is -3.00. The number of hydrazone groups is 2. The van der Waals surface area contributed by atoms with Gasteiger partial charge in [0.1, 0.15) is 13.1 Å². The van der Waals surface area contributed by atoms with Gasteiger partial charge in [-0.25, -0.2) is 9.13 Å². The Balaban J connectivity index is 0.00000253. The van der Waals surface area contributed by atoms with E-state index in [-0.39, 0.29) is 34.0 Å². The van der Waals surface area contributed by atoms with Crippen molar-refractivity contribution in [2.24, 2.45) is 10.2 Å². The highest BCUT2D eigenvalue weighted by Crippen LogP contribution is 2.11. The highest BCUT2D eigenvalue weighted by molar-refractivity contribution is 5.80. The average Bonchev–Trinajstić information content (AvgIpc) is 2.95. The number of aromatic nitrogens is 2. The molecule has 4 rings (SSSR count). The van der Waals surface area contributed by atoms with E-state index in [0.29, 0.717) is 0 Å². The summed E-state index contributed by atoms with van der Waals surface area (Å²) in [6.07, 6.45) is 14.5. The number of benzene rings is 2. The fourth-order valence-electron chi connectivity index (χ4n) is 3.72. The number of anilines is 2. The second-order valence-corrected chi connectivity index (χ2v) is 8.65. The van der Waals surface area contributed by atoms with Crippen LogP contribution in [-0.2, 0) is 13.1 Å². The van der Waals surface area contributed by atoms with Gasteiger partial charge in [0.15, 0.2) is 24.8 Å². The Hall–Kier alpha value is -3.36. The molecule has 0 aliphatic heterocycles. The Labute approximate surface area is 247 Å². The molecule has 0 atom stereocenters. The third kappa shape index (κ3) is 9.84. The van der Waals surface area contributed by atoms with Crippen LogP contribution in [0.15, 0.2) is 120 Å². The maximum Gasteiger partial charge on any atom is 0.169 e. The molecule has 0 aliphatic carbocycles. The maximum atomic E-state index is 4.53. The predicted octanol–water partition coefficient (Wildman–Crippen LogP) is -1.31. The van der Waals surface area contributed by atoms with Gasteiger partial charge in [-0.3, -0.25) is 10.0 Å². The van der Waals surface area contributed by atoms with Crippen molar-refractivity contribution in [1.82, 2.24) is 0 Å². The number of hydrogen-bond donors (Lipinski definition) is 0. The molecule has 0 saturated heterocycles. The van der Waals surface area contributed by atoms with Gasteiger partial charge >= 0.3 is 0 Å². The summed E-state index contributed by atoms with van der Waals surface area (Å²) in [6.45, 7) is 2.00. The van der Waals surface area contributed by atoms with E-state index in [9.17, 15) is 0 Å². The van der Waals surface area contributed by atoms with Crippen molar-refractivity contribution in [2.45, 2.75) is 25.9 Å². The first kappa shape index (κ1) is 30.9. The molecule has 0 N–H and O–H groups in total. The summed E-state index contributed by atoms with van der Waals surface area (Å²) in [7, 11) is 3.91. The first-order valence-electron chi connectivity index (χ1n) is 12.3. The van der Waals surface area contributed by atoms with Gasteiger partial charge in [0, 0.05) is 62.3 Å². The summed E-state index contributed by atoms with van der Waals surface area (Å²) in [5.74, 6) is 0. The van der Waals surface area contributed by atoms with Crippen LogP contribution in [0, 0.1) is 0 Å². The molecular weight excluding hydrogens is 604 g/mol. The molecule has 0 fully saturated rings. The van der Waals surface area contributed by atoms with E-state index >= 15 is 0 Å². The zero-order valence-electron chi connectivity index (χ0n) is 21.8. The van der Waals surface area contributed by atoms with Crippen LogP contribution >= 0.6 is 0 Å². The van der Waals surface area contributed by atoms with Crippen molar-refractivity contribution in [3.63, 3.8) is 0 Å². The third-order valence-corrected chi connectivity index (χ3v) is 5.94. The summed E-state index contributed by atoms with van der Waals surface area (Å²) in [5, 5.41) is 12.8. The normalized spacial score (nSPS) is 10.7. The van der Waals surface area contributed by atoms with Crippen molar-refractivity contribution in [3.05, 3.63) is 121 Å². The average molecular weight is 638 g/mol. The lowest BCUT2D eigenvalue weighted by Gasteiger charge is -2.11. The first-order chi connectivity index (χ1) is 17.7. The van der Waals surface area contributed by atoms with Gasteiger partial charge in [-0.2, -0.15) is 10.2 Å². The molecule has 0 unspecified atom stereocenters. The molecule has 0 spiro atoms. The van der Waals surface area contributed by atoms with Gasteiger partial charge in [-0.1, -0.05) is 36.4 Å². The van der Waals surface area contributed by atoms with Crippen LogP contribution in [-0.4, -0.2) is 26.5 Å². The van der Waals surface area contributed by atoms with E-state index in [2.05, 4.69) is 68.4 Å². The second-order valence-electron chi connectivity index (χ2n) is 8.65. The van der Waals surface area contributed by atoms with Gasteiger partial charge in [-0.15, -0.1) is 0 Å². The number of rotatable bonds is 11. The van der Waals surface area contributed by atoms with Gasteiger partial charge in [0.2, 0.25) is 0 Å². The zero-order valence-corrected chi connectivity index (χ0v) is 25.0. The van der Waals surface area contributed by atoms with E-state index in [1.165, 1.54) is 0 Å². The molecule has 4 aromatic rings. The van der Waals surface area contributed by atoms with Crippen LogP contribution in [0.3, 0.4) is 0 Å². The van der Waals surface area contributed by atoms with Crippen LogP contribution in [0.5, 0.6) is 0 Å². The molecule has 2 aromatic heterocycles. The van der Waals surface area contributed by atoms with E-state index in [0.717, 1.165) is 48.4 Å². The van der Waals surface area contributed by atoms with Crippen LogP contribution in [0.25, 0.3) is 0 Å². The van der Waals surface area contributed by atoms with Crippen LogP contribution in [0.2, 0.25) is 0 Å². The van der Waals surface area contributed by atoms with Crippen molar-refractivity contribution in [1.29, 1.82) is 0 Å². The molecule has 0 radical (unpaired) electrons. The number of nitrogens with zero attached hydrogens (tertiary/aromatic N) is 6. The minimum atomic E-state index is 0. The van der Waals surface area contributed by atoms with Crippen molar-refractivity contribution < 1.29 is 43.1 Å². The molecule has 0 amide bonds. The van der Waals surface area contributed by atoms with Crippen molar-refractivity contribution in [2.75, 3.05) is 24.1 Å². The highest BCUT2D eigenvalue weighted by Gasteiger charge is 2.05. The quantitative estimate of drug-likeness (QED) is 0.0887. The Kier molecular flexibility index (Phi) is 13.4. The van der Waals surface area contributed by atoms with Gasteiger partial charge in [0.05, 0.1) is 23.8 Å². The lowest BCUT2D eigenvalue weighted by atomic mass is 10.2. The summed E-state index contributed by atoms with van der Waals surface area (Å²) >= 11 is 0. The van der Waals surface area contributed by atoms with Crippen LogP contribution < -0.4 is 53.1 Å². The third-order valence-electron chi connectivity index (χ3n) is 5.94. The minimum absolute atomic E-state index is 0. The van der Waals surface area contributed by atoms with Gasteiger partial charge in [0.25, 0.3) is 0 Å². The Morgan fingerprint density at radius 2 is 0.895 bits per heavy atom. The second kappa shape index (κ2) is 16.5. The standard InChI is InChI=1S/C30H34N6.2BrH/c1-33(29-11-5-3-6-12-29)31-25-27-15-21-35(22-16-27)19-9-10-20-36-23-17-28(18-24-36)26-32-34(2)30-13-7-4-8-14-30;;/h3-8,11-18,21-26H,9-10,19-20H2,1-2H3;2*1H/q+2;;/p-2. The number of aryl methyl sites for hydroxylation is 2. The molecule has 8 heteroatoms. The molecule has 38 heavy (non-hydrogen) atoms.